The minimum atomic E-state index is -0.411. The van der Waals surface area contributed by atoms with E-state index in [4.69, 9.17) is 23.2 Å². The van der Waals surface area contributed by atoms with Crippen molar-refractivity contribution in [3.05, 3.63) is 28.0 Å². The van der Waals surface area contributed by atoms with E-state index in [2.05, 4.69) is 4.98 Å². The van der Waals surface area contributed by atoms with E-state index in [1.165, 1.54) is 0 Å². The molecule has 1 heterocycles. The quantitative estimate of drug-likeness (QED) is 0.813. The van der Waals surface area contributed by atoms with E-state index in [1.54, 1.807) is 6.20 Å². The first-order chi connectivity index (χ1) is 6.59. The first kappa shape index (κ1) is 10.2. The van der Waals surface area contributed by atoms with Gasteiger partial charge >= 0.3 is 0 Å². The summed E-state index contributed by atoms with van der Waals surface area (Å²) < 4.78 is 0. The van der Waals surface area contributed by atoms with Gasteiger partial charge in [0, 0.05) is 6.20 Å². The third-order valence-corrected chi connectivity index (χ3v) is 3.25. The van der Waals surface area contributed by atoms with E-state index in [0.717, 1.165) is 31.2 Å². The zero-order valence-electron chi connectivity index (χ0n) is 7.63. The Hall–Kier alpha value is -0.310. The van der Waals surface area contributed by atoms with Gasteiger partial charge in [-0.25, -0.2) is 4.98 Å². The van der Waals surface area contributed by atoms with Crippen molar-refractivity contribution in [2.75, 3.05) is 0 Å². The smallest absolute Gasteiger partial charge is 0.147 e. The molecule has 1 aromatic rings. The summed E-state index contributed by atoms with van der Waals surface area (Å²) in [6.45, 7) is 0. The van der Waals surface area contributed by atoms with Crippen LogP contribution in [0.5, 0.6) is 0 Å². The predicted molar refractivity (Wildman–Crippen MR) is 56.8 cm³/mol. The minimum Gasteiger partial charge on any atom is -0.390 e. The van der Waals surface area contributed by atoms with Crippen LogP contribution in [0, 0.1) is 0 Å². The zero-order valence-corrected chi connectivity index (χ0v) is 9.15. The van der Waals surface area contributed by atoms with E-state index in [-0.39, 0.29) is 0 Å². The number of aryl methyl sites for hydroxylation is 1. The van der Waals surface area contributed by atoms with Crippen LogP contribution in [0.15, 0.2) is 12.3 Å². The Kier molecular flexibility index (Phi) is 2.69. The van der Waals surface area contributed by atoms with Crippen molar-refractivity contribution in [3.8, 4) is 0 Å². The minimum absolute atomic E-state index is 0.334. The SMILES string of the molecule is OC1(CCc2cnc(Cl)c(Cl)c2)CC1. The maximum atomic E-state index is 9.63. The number of aromatic nitrogens is 1. The summed E-state index contributed by atoms with van der Waals surface area (Å²) in [4.78, 5) is 3.95. The third-order valence-electron chi connectivity index (χ3n) is 2.56. The summed E-state index contributed by atoms with van der Waals surface area (Å²) in [7, 11) is 0. The molecule has 1 aliphatic carbocycles. The lowest BCUT2D eigenvalue weighted by molar-refractivity contribution is 0.140. The van der Waals surface area contributed by atoms with Gasteiger partial charge in [0.1, 0.15) is 5.15 Å². The van der Waals surface area contributed by atoms with Crippen LogP contribution in [-0.2, 0) is 6.42 Å². The van der Waals surface area contributed by atoms with Crippen LogP contribution in [0.1, 0.15) is 24.8 Å². The molecule has 0 bridgehead atoms. The fraction of sp³-hybridized carbons (Fsp3) is 0.500. The lowest BCUT2D eigenvalue weighted by atomic mass is 10.1. The van der Waals surface area contributed by atoms with Gasteiger partial charge in [-0.3, -0.25) is 0 Å². The highest BCUT2D eigenvalue weighted by atomic mass is 35.5. The molecule has 2 rings (SSSR count). The van der Waals surface area contributed by atoms with Crippen LogP contribution >= 0.6 is 23.2 Å². The molecular formula is C10H11Cl2NO. The first-order valence-electron chi connectivity index (χ1n) is 4.61. The summed E-state index contributed by atoms with van der Waals surface area (Å²) in [5, 5.41) is 10.4. The molecule has 0 aromatic carbocycles. The highest BCUT2D eigenvalue weighted by Gasteiger charge is 2.39. The molecule has 4 heteroatoms. The molecule has 1 fully saturated rings. The molecule has 0 saturated heterocycles. The molecule has 1 saturated carbocycles. The highest BCUT2D eigenvalue weighted by Crippen LogP contribution is 2.39. The second-order valence-electron chi connectivity index (χ2n) is 3.84. The van der Waals surface area contributed by atoms with E-state index < -0.39 is 5.60 Å². The molecule has 0 atom stereocenters. The van der Waals surface area contributed by atoms with E-state index >= 15 is 0 Å². The number of pyridine rings is 1. The summed E-state index contributed by atoms with van der Waals surface area (Å²) in [6.07, 6.45) is 5.14. The largest absolute Gasteiger partial charge is 0.390 e. The van der Waals surface area contributed by atoms with Crippen LogP contribution in [0.3, 0.4) is 0 Å². The Labute approximate surface area is 92.9 Å². The Morgan fingerprint density at radius 1 is 1.43 bits per heavy atom. The van der Waals surface area contributed by atoms with Crippen LogP contribution in [0.4, 0.5) is 0 Å². The average molecular weight is 232 g/mol. The van der Waals surface area contributed by atoms with Gasteiger partial charge < -0.3 is 5.11 Å². The maximum absolute atomic E-state index is 9.63. The second kappa shape index (κ2) is 3.69. The molecular weight excluding hydrogens is 221 g/mol. The molecule has 0 spiro atoms. The van der Waals surface area contributed by atoms with Crippen molar-refractivity contribution in [3.63, 3.8) is 0 Å². The summed E-state index contributed by atoms with van der Waals surface area (Å²) in [5.41, 5.74) is 0.617. The standard InChI is InChI=1S/C10H11Cl2NO/c11-8-5-7(6-13-9(8)12)1-2-10(14)3-4-10/h5-6,14H,1-4H2. The second-order valence-corrected chi connectivity index (χ2v) is 4.61. The summed E-state index contributed by atoms with van der Waals surface area (Å²) in [5.74, 6) is 0. The van der Waals surface area contributed by atoms with Crippen LogP contribution in [-0.4, -0.2) is 15.7 Å². The van der Waals surface area contributed by atoms with Crippen LogP contribution in [0.25, 0.3) is 0 Å². The molecule has 0 amide bonds. The first-order valence-corrected chi connectivity index (χ1v) is 5.37. The zero-order chi connectivity index (χ0) is 10.2. The lowest BCUT2D eigenvalue weighted by Gasteiger charge is -2.07. The topological polar surface area (TPSA) is 33.1 Å². The van der Waals surface area contributed by atoms with Crippen LogP contribution < -0.4 is 0 Å². The highest BCUT2D eigenvalue weighted by molar-refractivity contribution is 6.41. The van der Waals surface area contributed by atoms with Gasteiger partial charge in [-0.15, -0.1) is 0 Å². The Morgan fingerprint density at radius 3 is 2.71 bits per heavy atom. The van der Waals surface area contributed by atoms with Gasteiger partial charge in [-0.2, -0.15) is 0 Å². The number of rotatable bonds is 3. The van der Waals surface area contributed by atoms with E-state index in [0.29, 0.717) is 10.2 Å². The van der Waals surface area contributed by atoms with E-state index in [9.17, 15) is 5.11 Å². The molecule has 2 nitrogen and oxygen atoms in total. The molecule has 1 aromatic heterocycles. The van der Waals surface area contributed by atoms with Gasteiger partial charge in [0.25, 0.3) is 0 Å². The molecule has 0 radical (unpaired) electrons. The monoisotopic (exact) mass is 231 g/mol. The molecule has 0 aliphatic heterocycles. The van der Waals surface area contributed by atoms with Gasteiger partial charge in [0.2, 0.25) is 0 Å². The molecule has 1 N–H and O–H groups in total. The number of hydrogen-bond acceptors (Lipinski definition) is 2. The Morgan fingerprint density at radius 2 is 2.14 bits per heavy atom. The van der Waals surface area contributed by atoms with Crippen LogP contribution in [0.2, 0.25) is 10.2 Å². The molecule has 0 unspecified atom stereocenters. The maximum Gasteiger partial charge on any atom is 0.147 e. The Bertz CT molecular complexity index is 350. The summed E-state index contributed by atoms with van der Waals surface area (Å²) in [6, 6.07) is 1.81. The van der Waals surface area contributed by atoms with E-state index in [1.807, 2.05) is 6.07 Å². The normalized spacial score (nSPS) is 18.2. The van der Waals surface area contributed by atoms with Gasteiger partial charge in [0.15, 0.2) is 0 Å². The number of halogens is 2. The van der Waals surface area contributed by atoms with Crippen molar-refractivity contribution in [1.29, 1.82) is 0 Å². The number of nitrogens with zero attached hydrogens (tertiary/aromatic N) is 1. The Balaban J connectivity index is 1.99. The third kappa shape index (κ3) is 2.38. The fourth-order valence-corrected chi connectivity index (χ4v) is 1.66. The summed E-state index contributed by atoms with van der Waals surface area (Å²) >= 11 is 11.5. The number of aliphatic hydroxyl groups is 1. The van der Waals surface area contributed by atoms with Crippen molar-refractivity contribution in [1.82, 2.24) is 4.98 Å². The number of hydrogen-bond donors (Lipinski definition) is 1. The predicted octanol–water partition coefficient (Wildman–Crippen LogP) is 2.85. The van der Waals surface area contributed by atoms with Crippen molar-refractivity contribution >= 4 is 23.2 Å². The van der Waals surface area contributed by atoms with Crippen molar-refractivity contribution < 1.29 is 5.11 Å². The van der Waals surface area contributed by atoms with Crippen molar-refractivity contribution in [2.45, 2.75) is 31.3 Å². The van der Waals surface area contributed by atoms with Gasteiger partial charge in [-0.1, -0.05) is 23.2 Å². The average Bonchev–Trinajstić information content (AvgIpc) is 2.87. The molecule has 14 heavy (non-hydrogen) atoms. The molecule has 1 aliphatic rings. The van der Waals surface area contributed by atoms with Gasteiger partial charge in [-0.05, 0) is 37.3 Å². The van der Waals surface area contributed by atoms with Gasteiger partial charge in [0.05, 0.1) is 10.6 Å². The molecule has 76 valence electrons. The van der Waals surface area contributed by atoms with Crippen molar-refractivity contribution in [2.24, 2.45) is 0 Å². The fourth-order valence-electron chi connectivity index (χ4n) is 1.37. The lowest BCUT2D eigenvalue weighted by Crippen LogP contribution is -2.07.